The summed E-state index contributed by atoms with van der Waals surface area (Å²) in [5.41, 5.74) is 7.10. The van der Waals surface area contributed by atoms with Gasteiger partial charge in [-0.05, 0) is 48.7 Å². The van der Waals surface area contributed by atoms with Crippen LogP contribution in [0.25, 0.3) is 0 Å². The van der Waals surface area contributed by atoms with Gasteiger partial charge in [0.05, 0.1) is 7.11 Å². The van der Waals surface area contributed by atoms with E-state index < -0.39 is 17.7 Å². The van der Waals surface area contributed by atoms with Crippen LogP contribution in [0.15, 0.2) is 34.8 Å². The Kier molecular flexibility index (Phi) is 4.96. The van der Waals surface area contributed by atoms with E-state index in [1.165, 1.54) is 12.1 Å². The summed E-state index contributed by atoms with van der Waals surface area (Å²) in [4.78, 5) is 0. The molecular formula is C16H16BrF2NO. The monoisotopic (exact) mass is 355 g/mol. The third kappa shape index (κ3) is 3.41. The molecule has 0 aliphatic rings. The maximum Gasteiger partial charge on any atom is 0.133 e. The predicted octanol–water partition coefficient (Wildman–Crippen LogP) is 4.29. The first kappa shape index (κ1) is 15.9. The van der Waals surface area contributed by atoms with Gasteiger partial charge in [-0.2, -0.15) is 0 Å². The molecule has 0 aliphatic carbocycles. The molecule has 2 rings (SSSR count). The van der Waals surface area contributed by atoms with Crippen LogP contribution in [0.1, 0.15) is 22.7 Å². The van der Waals surface area contributed by atoms with Crippen molar-refractivity contribution in [2.45, 2.75) is 19.4 Å². The van der Waals surface area contributed by atoms with Crippen molar-refractivity contribution in [2.24, 2.45) is 5.73 Å². The summed E-state index contributed by atoms with van der Waals surface area (Å²) in [7, 11) is 1.55. The summed E-state index contributed by atoms with van der Waals surface area (Å²) in [5.74, 6) is -0.571. The smallest absolute Gasteiger partial charge is 0.133 e. The zero-order chi connectivity index (χ0) is 15.6. The van der Waals surface area contributed by atoms with E-state index in [0.717, 1.165) is 10.0 Å². The van der Waals surface area contributed by atoms with Gasteiger partial charge >= 0.3 is 0 Å². The van der Waals surface area contributed by atoms with Crippen LogP contribution < -0.4 is 10.5 Å². The highest BCUT2D eigenvalue weighted by Crippen LogP contribution is 2.29. The molecule has 0 amide bonds. The topological polar surface area (TPSA) is 35.2 Å². The quantitative estimate of drug-likeness (QED) is 0.887. The van der Waals surface area contributed by atoms with Crippen molar-refractivity contribution in [1.29, 1.82) is 0 Å². The molecule has 2 aromatic rings. The first-order valence-electron chi connectivity index (χ1n) is 6.46. The lowest BCUT2D eigenvalue weighted by molar-refractivity contribution is 0.407. The van der Waals surface area contributed by atoms with Crippen LogP contribution in [0, 0.1) is 18.6 Å². The lowest BCUT2D eigenvalue weighted by Crippen LogP contribution is -2.18. The summed E-state index contributed by atoms with van der Waals surface area (Å²) in [5, 5.41) is 0. The summed E-state index contributed by atoms with van der Waals surface area (Å²) in [6, 6.07) is 7.32. The molecule has 2 N–H and O–H groups in total. The second-order valence-electron chi connectivity index (χ2n) is 4.86. The number of benzene rings is 2. The van der Waals surface area contributed by atoms with Crippen molar-refractivity contribution in [3.63, 3.8) is 0 Å². The van der Waals surface area contributed by atoms with Crippen molar-refractivity contribution in [2.75, 3.05) is 7.11 Å². The molecule has 0 radical (unpaired) electrons. The standard InChI is InChI=1S/C16H16BrF2NO/c1-9-3-5-12(18)15(16(9)19)13(20)8-10-7-11(17)4-6-14(10)21-2/h3-7,13H,8,20H2,1-2H3. The van der Waals surface area contributed by atoms with E-state index in [1.54, 1.807) is 20.1 Å². The molecule has 0 aliphatic heterocycles. The number of aryl methyl sites for hydroxylation is 1. The number of halogens is 3. The first-order valence-corrected chi connectivity index (χ1v) is 7.25. The van der Waals surface area contributed by atoms with Gasteiger partial charge < -0.3 is 10.5 Å². The van der Waals surface area contributed by atoms with E-state index in [-0.39, 0.29) is 12.0 Å². The zero-order valence-electron chi connectivity index (χ0n) is 11.8. The number of hydrogen-bond donors (Lipinski definition) is 1. The Morgan fingerprint density at radius 3 is 2.62 bits per heavy atom. The third-order valence-corrected chi connectivity index (χ3v) is 3.87. The van der Waals surface area contributed by atoms with Gasteiger partial charge in [-0.15, -0.1) is 0 Å². The molecule has 2 nitrogen and oxygen atoms in total. The molecular weight excluding hydrogens is 340 g/mol. The Bertz CT molecular complexity index is 661. The van der Waals surface area contributed by atoms with Crippen molar-refractivity contribution < 1.29 is 13.5 Å². The molecule has 0 aromatic heterocycles. The predicted molar refractivity (Wildman–Crippen MR) is 82.4 cm³/mol. The highest BCUT2D eigenvalue weighted by molar-refractivity contribution is 9.10. The molecule has 0 fully saturated rings. The average Bonchev–Trinajstić information content (AvgIpc) is 2.43. The molecule has 21 heavy (non-hydrogen) atoms. The van der Waals surface area contributed by atoms with Gasteiger partial charge in [0.1, 0.15) is 17.4 Å². The van der Waals surface area contributed by atoms with Crippen molar-refractivity contribution in [3.05, 3.63) is 63.1 Å². The minimum Gasteiger partial charge on any atom is -0.496 e. The average molecular weight is 356 g/mol. The van der Waals surface area contributed by atoms with Crippen LogP contribution in [0.4, 0.5) is 8.78 Å². The molecule has 112 valence electrons. The van der Waals surface area contributed by atoms with Crippen LogP contribution in [-0.4, -0.2) is 7.11 Å². The second kappa shape index (κ2) is 6.54. The lowest BCUT2D eigenvalue weighted by atomic mass is 9.96. The molecule has 0 saturated carbocycles. The highest BCUT2D eigenvalue weighted by atomic mass is 79.9. The molecule has 5 heteroatoms. The molecule has 1 unspecified atom stereocenters. The van der Waals surface area contributed by atoms with E-state index in [1.807, 2.05) is 12.1 Å². The van der Waals surface area contributed by atoms with E-state index in [2.05, 4.69) is 15.9 Å². The van der Waals surface area contributed by atoms with Gasteiger partial charge in [-0.25, -0.2) is 8.78 Å². The number of hydrogen-bond acceptors (Lipinski definition) is 2. The molecule has 0 spiro atoms. The Labute approximate surface area is 131 Å². The van der Waals surface area contributed by atoms with Gasteiger partial charge in [-0.3, -0.25) is 0 Å². The van der Waals surface area contributed by atoms with Gasteiger partial charge in [0.25, 0.3) is 0 Å². The first-order chi connectivity index (χ1) is 9.93. The highest BCUT2D eigenvalue weighted by Gasteiger charge is 2.20. The normalized spacial score (nSPS) is 12.3. The van der Waals surface area contributed by atoms with E-state index in [9.17, 15) is 8.78 Å². The Morgan fingerprint density at radius 2 is 1.95 bits per heavy atom. The van der Waals surface area contributed by atoms with Crippen LogP contribution in [-0.2, 0) is 6.42 Å². The minimum atomic E-state index is -0.784. The Morgan fingerprint density at radius 1 is 1.24 bits per heavy atom. The van der Waals surface area contributed by atoms with Crippen LogP contribution in [0.5, 0.6) is 5.75 Å². The van der Waals surface area contributed by atoms with E-state index >= 15 is 0 Å². The van der Waals surface area contributed by atoms with Crippen molar-refractivity contribution >= 4 is 15.9 Å². The van der Waals surface area contributed by atoms with E-state index in [4.69, 9.17) is 10.5 Å². The van der Waals surface area contributed by atoms with E-state index in [0.29, 0.717) is 11.3 Å². The van der Waals surface area contributed by atoms with Gasteiger partial charge in [-0.1, -0.05) is 22.0 Å². The van der Waals surface area contributed by atoms with Gasteiger partial charge in [0, 0.05) is 16.1 Å². The lowest BCUT2D eigenvalue weighted by Gasteiger charge is -2.17. The minimum absolute atomic E-state index is 0.0861. The van der Waals surface area contributed by atoms with Crippen LogP contribution >= 0.6 is 15.9 Å². The SMILES string of the molecule is COc1ccc(Br)cc1CC(N)c1c(F)ccc(C)c1F. The largest absolute Gasteiger partial charge is 0.496 e. The summed E-state index contributed by atoms with van der Waals surface area (Å²) in [6.07, 6.45) is 0.278. The molecule has 0 heterocycles. The van der Waals surface area contributed by atoms with Gasteiger partial charge in [0.2, 0.25) is 0 Å². The zero-order valence-corrected chi connectivity index (χ0v) is 13.4. The fourth-order valence-corrected chi connectivity index (χ4v) is 2.67. The molecule has 0 saturated heterocycles. The fraction of sp³-hybridized carbons (Fsp3) is 0.250. The molecule has 0 bridgehead atoms. The number of rotatable bonds is 4. The maximum atomic E-state index is 14.1. The number of methoxy groups -OCH3 is 1. The number of ether oxygens (including phenoxy) is 1. The number of nitrogens with two attached hydrogens (primary N) is 1. The van der Waals surface area contributed by atoms with Crippen LogP contribution in [0.3, 0.4) is 0 Å². The Hall–Kier alpha value is -1.46. The van der Waals surface area contributed by atoms with Crippen molar-refractivity contribution in [1.82, 2.24) is 0 Å². The summed E-state index contributed by atoms with van der Waals surface area (Å²) >= 11 is 3.37. The Balaban J connectivity index is 2.37. The third-order valence-electron chi connectivity index (χ3n) is 3.37. The summed E-state index contributed by atoms with van der Waals surface area (Å²) < 4.78 is 34.1. The second-order valence-corrected chi connectivity index (χ2v) is 5.77. The summed E-state index contributed by atoms with van der Waals surface area (Å²) in [6.45, 7) is 1.59. The van der Waals surface area contributed by atoms with Crippen LogP contribution in [0.2, 0.25) is 0 Å². The maximum absolute atomic E-state index is 14.1. The fourth-order valence-electron chi connectivity index (χ4n) is 2.26. The molecule has 2 aromatic carbocycles. The van der Waals surface area contributed by atoms with Crippen molar-refractivity contribution in [3.8, 4) is 5.75 Å². The van der Waals surface area contributed by atoms with Gasteiger partial charge in [0.15, 0.2) is 0 Å². The molecule has 1 atom stereocenters.